The zero-order valence-electron chi connectivity index (χ0n) is 16.4. The van der Waals surface area contributed by atoms with Gasteiger partial charge in [-0.25, -0.2) is 4.98 Å². The van der Waals surface area contributed by atoms with Crippen molar-refractivity contribution in [1.29, 1.82) is 0 Å². The Morgan fingerprint density at radius 3 is 2.79 bits per heavy atom. The van der Waals surface area contributed by atoms with Crippen LogP contribution in [0.5, 0.6) is 5.75 Å². The van der Waals surface area contributed by atoms with E-state index in [1.54, 1.807) is 19.1 Å². The fraction of sp³-hybridized carbons (Fsp3) is 0.368. The Morgan fingerprint density at radius 1 is 1.41 bits per heavy atom. The fourth-order valence-electron chi connectivity index (χ4n) is 3.29. The molecule has 1 aliphatic rings. The SMILES string of the molecule is CCN=C(C=C(C)N)C(=O)Nc1nc2cc(C(N)=O)cc3c2n1[C@@H](CCN)CO3. The number of carbonyl (C=O) groups excluding carboxylic acids is 2. The summed E-state index contributed by atoms with van der Waals surface area (Å²) in [5.41, 5.74) is 19.0. The molecule has 3 rings (SSSR count). The lowest BCUT2D eigenvalue weighted by Gasteiger charge is -2.27. The molecule has 154 valence electrons. The maximum atomic E-state index is 12.8. The number of hydrogen-bond donors (Lipinski definition) is 4. The van der Waals surface area contributed by atoms with Gasteiger partial charge in [-0.1, -0.05) is 0 Å². The smallest absolute Gasteiger partial charge is 0.276 e. The molecule has 0 saturated carbocycles. The summed E-state index contributed by atoms with van der Waals surface area (Å²) >= 11 is 0. The molecule has 2 amide bonds. The summed E-state index contributed by atoms with van der Waals surface area (Å²) in [5, 5.41) is 2.81. The highest BCUT2D eigenvalue weighted by molar-refractivity contribution is 6.47. The highest BCUT2D eigenvalue weighted by Crippen LogP contribution is 2.37. The summed E-state index contributed by atoms with van der Waals surface area (Å²) in [6.45, 7) is 4.70. The van der Waals surface area contributed by atoms with Gasteiger partial charge in [-0.05, 0) is 45.0 Å². The Labute approximate surface area is 167 Å². The number of nitrogens with zero attached hydrogens (tertiary/aromatic N) is 3. The number of amides is 2. The minimum absolute atomic E-state index is 0.120. The fourth-order valence-corrected chi connectivity index (χ4v) is 3.29. The van der Waals surface area contributed by atoms with E-state index >= 15 is 0 Å². The first-order valence-corrected chi connectivity index (χ1v) is 9.33. The van der Waals surface area contributed by atoms with Gasteiger partial charge in [0, 0.05) is 17.8 Å². The Kier molecular flexibility index (Phi) is 5.83. The van der Waals surface area contributed by atoms with E-state index in [0.717, 1.165) is 0 Å². The van der Waals surface area contributed by atoms with Crippen molar-refractivity contribution in [2.75, 3.05) is 25.0 Å². The average Bonchev–Trinajstić information content (AvgIpc) is 3.02. The van der Waals surface area contributed by atoms with Gasteiger partial charge in [0.2, 0.25) is 11.9 Å². The van der Waals surface area contributed by atoms with Crippen LogP contribution in [0.2, 0.25) is 0 Å². The molecule has 10 heteroatoms. The van der Waals surface area contributed by atoms with E-state index in [0.29, 0.717) is 54.5 Å². The number of aromatic nitrogens is 2. The number of hydrogen-bond acceptors (Lipinski definition) is 7. The number of nitrogens with two attached hydrogens (primary N) is 3. The molecule has 0 fully saturated rings. The molecule has 1 aromatic carbocycles. The molecule has 0 bridgehead atoms. The highest BCUT2D eigenvalue weighted by atomic mass is 16.5. The summed E-state index contributed by atoms with van der Waals surface area (Å²) in [6, 6.07) is 3.04. The molecule has 2 heterocycles. The Bertz CT molecular complexity index is 1020. The predicted molar refractivity (Wildman–Crippen MR) is 111 cm³/mol. The first-order chi connectivity index (χ1) is 13.8. The lowest BCUT2D eigenvalue weighted by molar-refractivity contribution is -0.110. The van der Waals surface area contributed by atoms with Gasteiger partial charge in [0.1, 0.15) is 23.6 Å². The molecule has 2 aromatic rings. The lowest BCUT2D eigenvalue weighted by atomic mass is 10.1. The van der Waals surface area contributed by atoms with Crippen LogP contribution in [0.4, 0.5) is 5.95 Å². The summed E-state index contributed by atoms with van der Waals surface area (Å²) in [7, 11) is 0. The van der Waals surface area contributed by atoms with Crippen LogP contribution in [0.25, 0.3) is 11.0 Å². The summed E-state index contributed by atoms with van der Waals surface area (Å²) in [4.78, 5) is 33.2. The first kappa shape index (κ1) is 20.3. The maximum absolute atomic E-state index is 12.8. The Morgan fingerprint density at radius 2 is 2.17 bits per heavy atom. The second-order valence-corrected chi connectivity index (χ2v) is 6.76. The largest absolute Gasteiger partial charge is 0.489 e. The van der Waals surface area contributed by atoms with Gasteiger partial charge in [0.05, 0.1) is 11.6 Å². The van der Waals surface area contributed by atoms with Crippen molar-refractivity contribution in [2.24, 2.45) is 22.2 Å². The van der Waals surface area contributed by atoms with Crippen LogP contribution in [0, 0.1) is 0 Å². The van der Waals surface area contributed by atoms with Gasteiger partial charge in [-0.2, -0.15) is 0 Å². The van der Waals surface area contributed by atoms with Crippen molar-refractivity contribution in [3.63, 3.8) is 0 Å². The third kappa shape index (κ3) is 4.06. The van der Waals surface area contributed by atoms with Crippen LogP contribution in [0.15, 0.2) is 28.9 Å². The number of allylic oxidation sites excluding steroid dienone is 1. The molecular formula is C19H25N7O3. The van der Waals surface area contributed by atoms with E-state index < -0.39 is 11.8 Å². The van der Waals surface area contributed by atoms with Crippen molar-refractivity contribution in [3.05, 3.63) is 29.5 Å². The number of rotatable bonds is 7. The topological polar surface area (TPSA) is 164 Å². The van der Waals surface area contributed by atoms with Crippen molar-refractivity contribution >= 4 is 34.5 Å². The summed E-state index contributed by atoms with van der Waals surface area (Å²) in [5.74, 6) is -0.214. The van der Waals surface area contributed by atoms with Crippen LogP contribution >= 0.6 is 0 Å². The molecule has 0 saturated heterocycles. The van der Waals surface area contributed by atoms with Crippen LogP contribution < -0.4 is 27.3 Å². The lowest BCUT2D eigenvalue weighted by Crippen LogP contribution is -2.29. The van der Waals surface area contributed by atoms with Gasteiger partial charge < -0.3 is 26.5 Å². The van der Waals surface area contributed by atoms with Crippen molar-refractivity contribution in [1.82, 2.24) is 9.55 Å². The van der Waals surface area contributed by atoms with Crippen LogP contribution in [0.3, 0.4) is 0 Å². The van der Waals surface area contributed by atoms with E-state index in [4.69, 9.17) is 21.9 Å². The number of carbonyl (C=O) groups is 2. The van der Waals surface area contributed by atoms with Crippen molar-refractivity contribution < 1.29 is 14.3 Å². The number of primary amides is 1. The number of benzene rings is 1. The first-order valence-electron chi connectivity index (χ1n) is 9.33. The zero-order valence-corrected chi connectivity index (χ0v) is 16.4. The number of anilines is 1. The van der Waals surface area contributed by atoms with E-state index in [2.05, 4.69) is 15.3 Å². The summed E-state index contributed by atoms with van der Waals surface area (Å²) in [6.07, 6.45) is 2.14. The number of aliphatic imine (C=N–C) groups is 1. The number of imidazole rings is 1. The normalized spacial score (nSPS) is 16.6. The van der Waals surface area contributed by atoms with Crippen LogP contribution in [0.1, 0.15) is 36.7 Å². The average molecular weight is 399 g/mol. The molecule has 0 spiro atoms. The van der Waals surface area contributed by atoms with Crippen LogP contribution in [-0.2, 0) is 4.79 Å². The van der Waals surface area contributed by atoms with Gasteiger partial charge in [0.25, 0.3) is 5.91 Å². The van der Waals surface area contributed by atoms with Gasteiger partial charge in [0.15, 0.2) is 0 Å². The van der Waals surface area contributed by atoms with Gasteiger partial charge >= 0.3 is 0 Å². The molecule has 0 unspecified atom stereocenters. The quantitative estimate of drug-likeness (QED) is 0.500. The second-order valence-electron chi connectivity index (χ2n) is 6.76. The number of nitrogens with one attached hydrogen (secondary N) is 1. The molecule has 7 N–H and O–H groups in total. The minimum atomic E-state index is -0.586. The molecule has 29 heavy (non-hydrogen) atoms. The molecule has 0 aliphatic carbocycles. The third-order valence-corrected chi connectivity index (χ3v) is 4.48. The number of ether oxygens (including phenoxy) is 1. The van der Waals surface area contributed by atoms with E-state index in [1.165, 1.54) is 6.08 Å². The molecule has 10 nitrogen and oxygen atoms in total. The van der Waals surface area contributed by atoms with E-state index in [1.807, 2.05) is 11.5 Å². The second kappa shape index (κ2) is 8.31. The van der Waals surface area contributed by atoms with Gasteiger partial charge in [-0.3, -0.25) is 19.9 Å². The van der Waals surface area contributed by atoms with Crippen molar-refractivity contribution in [2.45, 2.75) is 26.3 Å². The molecule has 0 radical (unpaired) electrons. The van der Waals surface area contributed by atoms with Crippen molar-refractivity contribution in [3.8, 4) is 5.75 Å². The monoisotopic (exact) mass is 399 g/mol. The molecular weight excluding hydrogens is 374 g/mol. The predicted octanol–water partition coefficient (Wildman–Crippen LogP) is 0.679. The highest BCUT2D eigenvalue weighted by Gasteiger charge is 2.28. The summed E-state index contributed by atoms with van der Waals surface area (Å²) < 4.78 is 7.70. The van der Waals surface area contributed by atoms with E-state index in [-0.39, 0.29) is 17.3 Å². The maximum Gasteiger partial charge on any atom is 0.276 e. The Hall–Kier alpha value is -3.40. The minimum Gasteiger partial charge on any atom is -0.489 e. The zero-order chi connectivity index (χ0) is 21.1. The van der Waals surface area contributed by atoms with E-state index in [9.17, 15) is 9.59 Å². The molecule has 1 atom stereocenters. The molecule has 1 aliphatic heterocycles. The molecule has 1 aromatic heterocycles. The Balaban J connectivity index is 2.10. The van der Waals surface area contributed by atoms with Gasteiger partial charge in [-0.15, -0.1) is 0 Å². The van der Waals surface area contributed by atoms with Crippen LogP contribution in [-0.4, -0.2) is 46.8 Å². The third-order valence-electron chi connectivity index (χ3n) is 4.48. The standard InChI is InChI=1S/C19H25N7O3/c1-3-23-14(6-10(2)21)18(28)25-19-24-13-7-11(17(22)27)8-15-16(13)26(19)12(4-5-20)9-29-15/h6-8,12H,3-5,9,20-21H2,1-2H3,(H2,22,27)(H,24,25,28)/t12-/m0/s1.